The Balaban J connectivity index is 1.59. The zero-order chi connectivity index (χ0) is 17.2. The van der Waals surface area contributed by atoms with Crippen molar-refractivity contribution < 1.29 is 14.6 Å². The van der Waals surface area contributed by atoms with Crippen LogP contribution in [-0.4, -0.2) is 47.3 Å². The number of ether oxygens (including phenoxy) is 1. The first kappa shape index (κ1) is 17.4. The van der Waals surface area contributed by atoms with Crippen molar-refractivity contribution in [1.82, 2.24) is 4.90 Å². The van der Waals surface area contributed by atoms with Crippen LogP contribution in [0.25, 0.3) is 0 Å². The van der Waals surface area contributed by atoms with Crippen molar-refractivity contribution in [2.45, 2.75) is 63.1 Å². The Morgan fingerprint density at radius 3 is 2.58 bits per heavy atom. The van der Waals surface area contributed by atoms with Gasteiger partial charge in [0.2, 0.25) is 5.91 Å². The number of benzene rings is 1. The number of nitrogens with zero attached hydrogens (tertiary/aromatic N) is 1. The van der Waals surface area contributed by atoms with Gasteiger partial charge in [-0.3, -0.25) is 4.79 Å². The number of amides is 1. The predicted molar refractivity (Wildman–Crippen MR) is 93.8 cm³/mol. The van der Waals surface area contributed by atoms with Crippen LogP contribution < -0.4 is 0 Å². The minimum atomic E-state index is -0.413. The summed E-state index contributed by atoms with van der Waals surface area (Å²) in [5.41, 5.74) is 0.607. The van der Waals surface area contributed by atoms with Crippen molar-refractivity contribution in [3.63, 3.8) is 0 Å². The Labute approximate surface area is 144 Å². The number of carbonyl (C=O) groups excluding carboxylic acids is 1. The van der Waals surface area contributed by atoms with Crippen LogP contribution in [0.1, 0.15) is 51.5 Å². The van der Waals surface area contributed by atoms with Crippen molar-refractivity contribution in [3.8, 4) is 0 Å². The van der Waals surface area contributed by atoms with Gasteiger partial charge in [0.05, 0.1) is 11.7 Å². The van der Waals surface area contributed by atoms with E-state index in [0.29, 0.717) is 19.5 Å². The molecule has 0 saturated carbocycles. The summed E-state index contributed by atoms with van der Waals surface area (Å²) >= 11 is 0. The zero-order valence-electron chi connectivity index (χ0n) is 14.8. The molecule has 24 heavy (non-hydrogen) atoms. The Morgan fingerprint density at radius 1 is 1.29 bits per heavy atom. The molecule has 0 unspecified atom stereocenters. The predicted octanol–water partition coefficient (Wildman–Crippen LogP) is 2.89. The van der Waals surface area contributed by atoms with Gasteiger partial charge in [0.1, 0.15) is 0 Å². The Hall–Kier alpha value is -1.39. The van der Waals surface area contributed by atoms with E-state index in [4.69, 9.17) is 4.74 Å². The van der Waals surface area contributed by atoms with Crippen molar-refractivity contribution in [2.75, 3.05) is 19.7 Å². The van der Waals surface area contributed by atoms with Gasteiger partial charge in [-0.2, -0.15) is 0 Å². The fourth-order valence-corrected chi connectivity index (χ4v) is 4.00. The molecule has 1 amide bonds. The topological polar surface area (TPSA) is 49.8 Å². The molecule has 1 N–H and O–H groups in total. The molecule has 1 aromatic rings. The molecule has 2 fully saturated rings. The molecule has 0 bridgehead atoms. The summed E-state index contributed by atoms with van der Waals surface area (Å²) in [5, 5.41) is 10.3. The minimum absolute atomic E-state index is 0.172. The number of hydrogen-bond donors (Lipinski definition) is 1. The highest BCUT2D eigenvalue weighted by Crippen LogP contribution is 2.36. The van der Waals surface area contributed by atoms with Gasteiger partial charge in [-0.25, -0.2) is 0 Å². The molecule has 4 heteroatoms. The monoisotopic (exact) mass is 331 g/mol. The largest absolute Gasteiger partial charge is 0.390 e. The van der Waals surface area contributed by atoms with E-state index in [1.807, 2.05) is 23.1 Å². The fourth-order valence-electron chi connectivity index (χ4n) is 4.00. The number of aliphatic hydroxyl groups excluding tert-OH is 1. The summed E-state index contributed by atoms with van der Waals surface area (Å²) in [4.78, 5) is 14.7. The van der Waals surface area contributed by atoms with Gasteiger partial charge in [0, 0.05) is 26.1 Å². The third kappa shape index (κ3) is 3.50. The second-order valence-electron chi connectivity index (χ2n) is 7.88. The lowest BCUT2D eigenvalue weighted by molar-refractivity contribution is -0.180. The molecular formula is C20H29NO3. The molecule has 0 aromatic heterocycles. The number of hydrogen-bond acceptors (Lipinski definition) is 3. The van der Waals surface area contributed by atoms with Crippen LogP contribution in [0.5, 0.6) is 0 Å². The molecule has 3 rings (SSSR count). The molecule has 2 saturated heterocycles. The van der Waals surface area contributed by atoms with Crippen LogP contribution in [0, 0.1) is 0 Å². The molecule has 2 aliphatic heterocycles. The van der Waals surface area contributed by atoms with Crippen molar-refractivity contribution in [2.24, 2.45) is 0 Å². The SMILES string of the molecule is CC(C)(CC(=O)N1CCC2(CC1)OCCC[C@@H]2O)c1ccccc1. The van der Waals surface area contributed by atoms with E-state index in [-0.39, 0.29) is 17.4 Å². The lowest BCUT2D eigenvalue weighted by Gasteiger charge is -2.47. The molecule has 2 heterocycles. The molecule has 4 nitrogen and oxygen atoms in total. The Kier molecular flexibility index (Phi) is 4.97. The second-order valence-corrected chi connectivity index (χ2v) is 7.88. The highest BCUT2D eigenvalue weighted by atomic mass is 16.5. The van der Waals surface area contributed by atoms with E-state index in [0.717, 1.165) is 32.3 Å². The van der Waals surface area contributed by atoms with Gasteiger partial charge in [-0.1, -0.05) is 44.2 Å². The van der Waals surface area contributed by atoms with Crippen LogP contribution in [0.15, 0.2) is 30.3 Å². The molecule has 1 spiro atoms. The lowest BCUT2D eigenvalue weighted by atomic mass is 9.79. The van der Waals surface area contributed by atoms with E-state index in [1.165, 1.54) is 5.56 Å². The highest BCUT2D eigenvalue weighted by molar-refractivity contribution is 5.78. The maximum atomic E-state index is 12.8. The van der Waals surface area contributed by atoms with Crippen LogP contribution in [0.3, 0.4) is 0 Å². The Bertz CT molecular complexity index is 562. The maximum absolute atomic E-state index is 12.8. The van der Waals surface area contributed by atoms with Crippen LogP contribution in [-0.2, 0) is 14.9 Å². The number of piperidine rings is 1. The molecule has 132 valence electrons. The highest BCUT2D eigenvalue weighted by Gasteiger charge is 2.44. The van der Waals surface area contributed by atoms with E-state index >= 15 is 0 Å². The van der Waals surface area contributed by atoms with E-state index < -0.39 is 5.60 Å². The number of likely N-dealkylation sites (tertiary alicyclic amines) is 1. The zero-order valence-corrected chi connectivity index (χ0v) is 14.8. The van der Waals surface area contributed by atoms with Gasteiger partial charge >= 0.3 is 0 Å². The summed E-state index contributed by atoms with van der Waals surface area (Å²) in [6, 6.07) is 10.2. The summed E-state index contributed by atoms with van der Waals surface area (Å²) < 4.78 is 5.93. The van der Waals surface area contributed by atoms with Gasteiger partial charge in [-0.15, -0.1) is 0 Å². The van der Waals surface area contributed by atoms with Crippen molar-refractivity contribution in [3.05, 3.63) is 35.9 Å². The van der Waals surface area contributed by atoms with Crippen molar-refractivity contribution in [1.29, 1.82) is 0 Å². The normalized spacial score (nSPS) is 24.1. The van der Waals surface area contributed by atoms with Crippen LogP contribution >= 0.6 is 0 Å². The first-order valence-corrected chi connectivity index (χ1v) is 9.08. The third-order valence-corrected chi connectivity index (χ3v) is 5.73. The fraction of sp³-hybridized carbons (Fsp3) is 0.650. The summed E-state index contributed by atoms with van der Waals surface area (Å²) in [7, 11) is 0. The molecule has 1 atom stereocenters. The van der Waals surface area contributed by atoms with Gasteiger partial charge in [-0.05, 0) is 36.7 Å². The van der Waals surface area contributed by atoms with Gasteiger partial charge in [0.25, 0.3) is 0 Å². The summed E-state index contributed by atoms with van der Waals surface area (Å²) in [6.07, 6.45) is 3.35. The minimum Gasteiger partial charge on any atom is -0.390 e. The Morgan fingerprint density at radius 2 is 1.96 bits per heavy atom. The number of carbonyl (C=O) groups is 1. The van der Waals surface area contributed by atoms with Gasteiger partial charge < -0.3 is 14.7 Å². The smallest absolute Gasteiger partial charge is 0.223 e. The van der Waals surface area contributed by atoms with Gasteiger partial charge in [0.15, 0.2) is 0 Å². The average Bonchev–Trinajstić information content (AvgIpc) is 2.59. The first-order chi connectivity index (χ1) is 11.4. The van der Waals surface area contributed by atoms with E-state index in [2.05, 4.69) is 26.0 Å². The lowest BCUT2D eigenvalue weighted by Crippen LogP contribution is -2.56. The van der Waals surface area contributed by atoms with E-state index in [9.17, 15) is 9.90 Å². The molecule has 0 aliphatic carbocycles. The number of aliphatic hydroxyl groups is 1. The van der Waals surface area contributed by atoms with Crippen LogP contribution in [0.4, 0.5) is 0 Å². The third-order valence-electron chi connectivity index (χ3n) is 5.73. The second kappa shape index (κ2) is 6.85. The van der Waals surface area contributed by atoms with Crippen LogP contribution in [0.2, 0.25) is 0 Å². The van der Waals surface area contributed by atoms with Crippen molar-refractivity contribution >= 4 is 5.91 Å². The first-order valence-electron chi connectivity index (χ1n) is 9.08. The molecular weight excluding hydrogens is 302 g/mol. The number of rotatable bonds is 3. The summed E-state index contributed by atoms with van der Waals surface area (Å²) in [6.45, 7) is 6.34. The average molecular weight is 331 g/mol. The van der Waals surface area contributed by atoms with E-state index in [1.54, 1.807) is 0 Å². The molecule has 1 aromatic carbocycles. The molecule has 0 radical (unpaired) electrons. The summed E-state index contributed by atoms with van der Waals surface area (Å²) in [5.74, 6) is 0.198. The quantitative estimate of drug-likeness (QED) is 0.926. The maximum Gasteiger partial charge on any atom is 0.223 e. The standard InChI is InChI=1S/C20H29NO3/c1-19(2,16-7-4-3-5-8-16)15-18(23)21-12-10-20(11-13-21)17(22)9-6-14-24-20/h3-5,7-8,17,22H,6,9-15H2,1-2H3/t17-/m0/s1. The molecule has 2 aliphatic rings.